The molecule has 1 aromatic heterocycles. The zero-order valence-electron chi connectivity index (χ0n) is 11.2. The first kappa shape index (κ1) is 14.9. The SMILES string of the molecule is CCN(CC)C(=O)C(C)n1nc(C(=O)O)ccc1=O. The van der Waals surface area contributed by atoms with Gasteiger partial charge in [0.05, 0.1) is 0 Å². The maximum atomic E-state index is 12.1. The second-order valence-corrected chi connectivity index (χ2v) is 3.99. The highest BCUT2D eigenvalue weighted by Gasteiger charge is 2.22. The highest BCUT2D eigenvalue weighted by atomic mass is 16.4. The summed E-state index contributed by atoms with van der Waals surface area (Å²) in [6.07, 6.45) is 0. The Hall–Kier alpha value is -2.18. The number of hydrogen-bond acceptors (Lipinski definition) is 4. The molecular weight excluding hydrogens is 250 g/mol. The molecule has 0 aliphatic carbocycles. The molecule has 0 aliphatic rings. The lowest BCUT2D eigenvalue weighted by Crippen LogP contribution is -2.40. The Kier molecular flexibility index (Phi) is 4.80. The van der Waals surface area contributed by atoms with Crippen LogP contribution in [0.25, 0.3) is 0 Å². The second-order valence-electron chi connectivity index (χ2n) is 3.99. The standard InChI is InChI=1S/C12H17N3O4/c1-4-14(5-2)11(17)8(3)15-10(16)7-6-9(13-15)12(18)19/h6-8H,4-5H2,1-3H3,(H,18,19). The van der Waals surface area contributed by atoms with Crippen molar-refractivity contribution in [3.63, 3.8) is 0 Å². The highest BCUT2D eigenvalue weighted by molar-refractivity contribution is 5.85. The number of hydrogen-bond donors (Lipinski definition) is 1. The van der Waals surface area contributed by atoms with Gasteiger partial charge in [0.15, 0.2) is 5.69 Å². The summed E-state index contributed by atoms with van der Waals surface area (Å²) in [7, 11) is 0. The molecule has 1 aromatic rings. The molecule has 0 bridgehead atoms. The molecule has 19 heavy (non-hydrogen) atoms. The van der Waals surface area contributed by atoms with Crippen LogP contribution in [0.1, 0.15) is 37.3 Å². The van der Waals surface area contributed by atoms with Crippen molar-refractivity contribution >= 4 is 11.9 Å². The van der Waals surface area contributed by atoms with Crippen LogP contribution in [0.4, 0.5) is 0 Å². The van der Waals surface area contributed by atoms with Gasteiger partial charge in [-0.25, -0.2) is 9.48 Å². The molecule has 0 saturated heterocycles. The highest BCUT2D eigenvalue weighted by Crippen LogP contribution is 2.06. The lowest BCUT2D eigenvalue weighted by molar-refractivity contribution is -0.134. The fourth-order valence-electron chi connectivity index (χ4n) is 1.72. The minimum atomic E-state index is -1.24. The van der Waals surface area contributed by atoms with Crippen molar-refractivity contribution in [3.05, 3.63) is 28.2 Å². The lowest BCUT2D eigenvalue weighted by Gasteiger charge is -2.23. The van der Waals surface area contributed by atoms with Crippen LogP contribution < -0.4 is 5.56 Å². The van der Waals surface area contributed by atoms with Gasteiger partial charge in [0, 0.05) is 19.2 Å². The van der Waals surface area contributed by atoms with Gasteiger partial charge in [-0.2, -0.15) is 5.10 Å². The molecule has 1 unspecified atom stereocenters. The summed E-state index contributed by atoms with van der Waals surface area (Å²) in [6, 6.07) is 1.39. The Labute approximate surface area is 110 Å². The first-order valence-corrected chi connectivity index (χ1v) is 6.04. The maximum Gasteiger partial charge on any atom is 0.356 e. The van der Waals surface area contributed by atoms with E-state index in [1.807, 2.05) is 13.8 Å². The van der Waals surface area contributed by atoms with Crippen LogP contribution in [0.3, 0.4) is 0 Å². The lowest BCUT2D eigenvalue weighted by atomic mass is 10.2. The van der Waals surface area contributed by atoms with Crippen molar-refractivity contribution in [2.45, 2.75) is 26.8 Å². The molecule has 1 amide bonds. The fourth-order valence-corrected chi connectivity index (χ4v) is 1.72. The molecular formula is C12H17N3O4. The van der Waals surface area contributed by atoms with E-state index in [4.69, 9.17) is 5.11 Å². The van der Waals surface area contributed by atoms with E-state index >= 15 is 0 Å². The molecule has 0 saturated carbocycles. The third kappa shape index (κ3) is 3.18. The van der Waals surface area contributed by atoms with Crippen LogP contribution >= 0.6 is 0 Å². The average Bonchev–Trinajstić information content (AvgIpc) is 2.39. The largest absolute Gasteiger partial charge is 0.476 e. The van der Waals surface area contributed by atoms with E-state index in [2.05, 4.69) is 5.10 Å². The number of likely N-dealkylation sites (N-methyl/N-ethyl adjacent to an activating group) is 1. The Bertz CT molecular complexity index is 534. The molecule has 1 atom stereocenters. The quantitative estimate of drug-likeness (QED) is 0.832. The van der Waals surface area contributed by atoms with Gasteiger partial charge in [-0.1, -0.05) is 0 Å². The van der Waals surface area contributed by atoms with E-state index in [1.54, 1.807) is 4.90 Å². The number of nitrogens with zero attached hydrogens (tertiary/aromatic N) is 3. The average molecular weight is 267 g/mol. The Morgan fingerprint density at radius 1 is 1.37 bits per heavy atom. The van der Waals surface area contributed by atoms with E-state index in [9.17, 15) is 14.4 Å². The number of aromatic nitrogens is 2. The van der Waals surface area contributed by atoms with Crippen LogP contribution in [0.15, 0.2) is 16.9 Å². The van der Waals surface area contributed by atoms with Crippen molar-refractivity contribution in [2.75, 3.05) is 13.1 Å². The fraction of sp³-hybridized carbons (Fsp3) is 0.500. The topological polar surface area (TPSA) is 92.5 Å². The summed E-state index contributed by atoms with van der Waals surface area (Å²) in [5.41, 5.74) is -0.767. The molecule has 0 aliphatic heterocycles. The number of carboxylic acids is 1. The van der Waals surface area contributed by atoms with Crippen molar-refractivity contribution in [3.8, 4) is 0 Å². The van der Waals surface area contributed by atoms with Gasteiger partial charge in [-0.05, 0) is 26.8 Å². The molecule has 104 valence electrons. The summed E-state index contributed by atoms with van der Waals surface area (Å²) in [5, 5.41) is 12.5. The summed E-state index contributed by atoms with van der Waals surface area (Å²) >= 11 is 0. The Morgan fingerprint density at radius 2 is 1.95 bits per heavy atom. The van der Waals surface area contributed by atoms with Gasteiger partial charge in [0.1, 0.15) is 6.04 Å². The number of aromatic carboxylic acids is 1. The first-order valence-electron chi connectivity index (χ1n) is 6.04. The molecule has 0 radical (unpaired) electrons. The maximum absolute atomic E-state index is 12.1. The van der Waals surface area contributed by atoms with Crippen LogP contribution in [-0.4, -0.2) is 44.8 Å². The van der Waals surface area contributed by atoms with Crippen LogP contribution in [0.2, 0.25) is 0 Å². The van der Waals surface area contributed by atoms with E-state index < -0.39 is 17.6 Å². The first-order chi connectivity index (χ1) is 8.92. The van der Waals surface area contributed by atoms with Crippen LogP contribution in [0.5, 0.6) is 0 Å². The minimum Gasteiger partial charge on any atom is -0.476 e. The number of carboxylic acid groups (broad SMARTS) is 1. The Morgan fingerprint density at radius 3 is 2.42 bits per heavy atom. The molecule has 7 heteroatoms. The number of carbonyl (C=O) groups excluding carboxylic acids is 1. The third-order valence-corrected chi connectivity index (χ3v) is 2.84. The monoisotopic (exact) mass is 267 g/mol. The number of carbonyl (C=O) groups is 2. The third-order valence-electron chi connectivity index (χ3n) is 2.84. The van der Waals surface area contributed by atoms with E-state index in [0.717, 1.165) is 16.8 Å². The smallest absolute Gasteiger partial charge is 0.356 e. The van der Waals surface area contributed by atoms with Crippen molar-refractivity contribution in [1.29, 1.82) is 0 Å². The van der Waals surface area contributed by atoms with E-state index in [-0.39, 0.29) is 11.6 Å². The number of rotatable bonds is 5. The van der Waals surface area contributed by atoms with Gasteiger partial charge in [0.25, 0.3) is 5.56 Å². The minimum absolute atomic E-state index is 0.262. The molecule has 0 spiro atoms. The normalized spacial score (nSPS) is 11.9. The van der Waals surface area contributed by atoms with Gasteiger partial charge < -0.3 is 10.0 Å². The van der Waals surface area contributed by atoms with Crippen molar-refractivity contribution in [1.82, 2.24) is 14.7 Å². The predicted molar refractivity (Wildman–Crippen MR) is 68.1 cm³/mol. The molecule has 0 fully saturated rings. The zero-order chi connectivity index (χ0) is 14.6. The van der Waals surface area contributed by atoms with Gasteiger partial charge in [-0.3, -0.25) is 9.59 Å². The van der Waals surface area contributed by atoms with Crippen LogP contribution in [0, 0.1) is 0 Å². The predicted octanol–water partition coefficient (Wildman–Crippen LogP) is 0.371. The van der Waals surface area contributed by atoms with E-state index in [0.29, 0.717) is 13.1 Å². The molecule has 0 aromatic carbocycles. The molecule has 1 rings (SSSR count). The van der Waals surface area contributed by atoms with Gasteiger partial charge in [0.2, 0.25) is 5.91 Å². The van der Waals surface area contributed by atoms with Gasteiger partial charge >= 0.3 is 5.97 Å². The summed E-state index contributed by atoms with van der Waals surface area (Å²) in [5.74, 6) is -1.50. The zero-order valence-corrected chi connectivity index (χ0v) is 11.2. The molecule has 1 N–H and O–H groups in total. The number of amides is 1. The summed E-state index contributed by atoms with van der Waals surface area (Å²) < 4.78 is 0.907. The van der Waals surface area contributed by atoms with Crippen molar-refractivity contribution in [2.24, 2.45) is 0 Å². The van der Waals surface area contributed by atoms with Crippen molar-refractivity contribution < 1.29 is 14.7 Å². The van der Waals surface area contributed by atoms with Gasteiger partial charge in [-0.15, -0.1) is 0 Å². The summed E-state index contributed by atoms with van der Waals surface area (Å²) in [4.78, 5) is 36.2. The molecule has 1 heterocycles. The second kappa shape index (κ2) is 6.12. The molecule has 7 nitrogen and oxygen atoms in total. The Balaban J connectivity index is 3.15. The summed E-state index contributed by atoms with van der Waals surface area (Å²) in [6.45, 7) is 6.23. The van der Waals surface area contributed by atoms with E-state index in [1.165, 1.54) is 6.92 Å². The van der Waals surface area contributed by atoms with Crippen LogP contribution in [-0.2, 0) is 4.79 Å².